The van der Waals surface area contributed by atoms with Crippen LogP contribution in [0.4, 0.5) is 0 Å². The van der Waals surface area contributed by atoms with Crippen molar-refractivity contribution in [1.82, 2.24) is 10.6 Å². The molecule has 98 valence electrons. The van der Waals surface area contributed by atoms with Crippen molar-refractivity contribution in [2.75, 3.05) is 13.1 Å². The van der Waals surface area contributed by atoms with Gasteiger partial charge in [-0.25, -0.2) is 0 Å². The molecular formula is C13H18N2O3. The van der Waals surface area contributed by atoms with Gasteiger partial charge in [-0.3, -0.25) is 9.59 Å². The summed E-state index contributed by atoms with van der Waals surface area (Å²) in [6.07, 6.45) is 4.13. The summed E-state index contributed by atoms with van der Waals surface area (Å²) >= 11 is 0. The van der Waals surface area contributed by atoms with Crippen LogP contribution in [0, 0.1) is 0 Å². The molecule has 0 aliphatic rings. The Morgan fingerprint density at radius 1 is 1.33 bits per heavy atom. The van der Waals surface area contributed by atoms with Gasteiger partial charge in [0.2, 0.25) is 5.91 Å². The Hall–Kier alpha value is -2.04. The van der Waals surface area contributed by atoms with Crippen LogP contribution >= 0.6 is 0 Å². The predicted molar refractivity (Wildman–Crippen MR) is 68.1 cm³/mol. The number of rotatable bonds is 6. The zero-order chi connectivity index (χ0) is 13.4. The van der Waals surface area contributed by atoms with Gasteiger partial charge < -0.3 is 15.1 Å². The smallest absolute Gasteiger partial charge is 0.287 e. The molecule has 2 amide bonds. The van der Waals surface area contributed by atoms with Gasteiger partial charge in [-0.2, -0.15) is 0 Å². The number of hydrogen-bond acceptors (Lipinski definition) is 3. The Labute approximate surface area is 106 Å². The van der Waals surface area contributed by atoms with Gasteiger partial charge in [-0.05, 0) is 25.5 Å². The van der Waals surface area contributed by atoms with E-state index in [1.807, 2.05) is 13.0 Å². The molecule has 0 saturated carbocycles. The molecule has 18 heavy (non-hydrogen) atoms. The number of carbonyl (C=O) groups is 2. The molecule has 0 saturated heterocycles. The molecule has 1 heterocycles. The van der Waals surface area contributed by atoms with Gasteiger partial charge in [0, 0.05) is 18.7 Å². The highest BCUT2D eigenvalue weighted by Gasteiger charge is 2.07. The molecule has 0 fully saturated rings. The Balaban J connectivity index is 2.21. The summed E-state index contributed by atoms with van der Waals surface area (Å²) in [5.74, 6) is -0.123. The largest absolute Gasteiger partial charge is 0.459 e. The first-order chi connectivity index (χ1) is 8.65. The van der Waals surface area contributed by atoms with Crippen LogP contribution in [-0.4, -0.2) is 24.9 Å². The summed E-state index contributed by atoms with van der Waals surface area (Å²) in [5, 5.41) is 5.36. The zero-order valence-corrected chi connectivity index (χ0v) is 10.7. The SMILES string of the molecule is CCC=C(C)C(=O)NCCNC(=O)c1ccco1. The average Bonchev–Trinajstić information content (AvgIpc) is 2.88. The van der Waals surface area contributed by atoms with Crippen molar-refractivity contribution in [3.05, 3.63) is 35.8 Å². The van der Waals surface area contributed by atoms with Gasteiger partial charge >= 0.3 is 0 Å². The molecule has 0 aliphatic heterocycles. The Bertz CT molecular complexity index is 421. The first kappa shape index (κ1) is 14.0. The van der Waals surface area contributed by atoms with E-state index in [0.717, 1.165) is 6.42 Å². The minimum absolute atomic E-state index is 0.107. The van der Waals surface area contributed by atoms with Crippen molar-refractivity contribution in [2.45, 2.75) is 20.3 Å². The molecule has 1 aromatic rings. The molecule has 1 rings (SSSR count). The normalized spacial score (nSPS) is 11.1. The fraction of sp³-hybridized carbons (Fsp3) is 0.385. The molecule has 0 aromatic carbocycles. The van der Waals surface area contributed by atoms with E-state index < -0.39 is 0 Å². The van der Waals surface area contributed by atoms with E-state index in [1.54, 1.807) is 19.1 Å². The highest BCUT2D eigenvalue weighted by Crippen LogP contribution is 1.98. The molecule has 0 radical (unpaired) electrons. The molecule has 0 spiro atoms. The quantitative estimate of drug-likeness (QED) is 0.593. The summed E-state index contributed by atoms with van der Waals surface area (Å²) in [6, 6.07) is 3.23. The maximum absolute atomic E-state index is 11.5. The molecule has 5 nitrogen and oxygen atoms in total. The summed E-state index contributed by atoms with van der Waals surface area (Å²) in [5.41, 5.74) is 0.690. The molecule has 0 unspecified atom stereocenters. The van der Waals surface area contributed by atoms with Crippen LogP contribution in [0.15, 0.2) is 34.5 Å². The lowest BCUT2D eigenvalue weighted by Crippen LogP contribution is -2.34. The van der Waals surface area contributed by atoms with Crippen LogP contribution < -0.4 is 10.6 Å². The third-order valence-corrected chi connectivity index (χ3v) is 2.31. The van der Waals surface area contributed by atoms with Gasteiger partial charge in [-0.15, -0.1) is 0 Å². The van der Waals surface area contributed by atoms with Gasteiger partial charge in [0.1, 0.15) is 0 Å². The van der Waals surface area contributed by atoms with Crippen molar-refractivity contribution < 1.29 is 14.0 Å². The lowest BCUT2D eigenvalue weighted by molar-refractivity contribution is -0.117. The van der Waals surface area contributed by atoms with Crippen molar-refractivity contribution in [3.63, 3.8) is 0 Å². The standard InChI is InChI=1S/C13H18N2O3/c1-3-5-10(2)12(16)14-7-8-15-13(17)11-6-4-9-18-11/h4-6,9H,3,7-8H2,1-2H3,(H,14,16)(H,15,17). The number of allylic oxidation sites excluding steroid dienone is 1. The molecule has 0 aliphatic carbocycles. The summed E-state index contributed by atoms with van der Waals surface area (Å²) in [6.45, 7) is 4.49. The minimum atomic E-state index is -0.282. The van der Waals surface area contributed by atoms with E-state index in [9.17, 15) is 9.59 Å². The van der Waals surface area contributed by atoms with E-state index in [-0.39, 0.29) is 17.6 Å². The highest BCUT2D eigenvalue weighted by molar-refractivity contribution is 5.93. The molecular weight excluding hydrogens is 232 g/mol. The monoisotopic (exact) mass is 250 g/mol. The Morgan fingerprint density at radius 2 is 2.06 bits per heavy atom. The van der Waals surface area contributed by atoms with Crippen LogP contribution in [0.1, 0.15) is 30.8 Å². The van der Waals surface area contributed by atoms with Gasteiger partial charge in [0.15, 0.2) is 5.76 Å². The van der Waals surface area contributed by atoms with Crippen LogP contribution in [0.5, 0.6) is 0 Å². The number of furan rings is 1. The third-order valence-electron chi connectivity index (χ3n) is 2.31. The lowest BCUT2D eigenvalue weighted by Gasteiger charge is -2.06. The topological polar surface area (TPSA) is 71.3 Å². The van der Waals surface area contributed by atoms with Gasteiger partial charge in [0.25, 0.3) is 5.91 Å². The maximum atomic E-state index is 11.5. The van der Waals surface area contributed by atoms with E-state index in [0.29, 0.717) is 18.7 Å². The van der Waals surface area contributed by atoms with Crippen LogP contribution in [0.2, 0.25) is 0 Å². The van der Waals surface area contributed by atoms with Crippen LogP contribution in [0.3, 0.4) is 0 Å². The number of hydrogen-bond donors (Lipinski definition) is 2. The first-order valence-electron chi connectivity index (χ1n) is 5.91. The van der Waals surface area contributed by atoms with Gasteiger partial charge in [0.05, 0.1) is 6.26 Å². The second kappa shape index (κ2) is 7.32. The van der Waals surface area contributed by atoms with Crippen molar-refractivity contribution >= 4 is 11.8 Å². The first-order valence-corrected chi connectivity index (χ1v) is 5.91. The fourth-order valence-corrected chi connectivity index (χ4v) is 1.39. The lowest BCUT2D eigenvalue weighted by atomic mass is 10.2. The summed E-state index contributed by atoms with van der Waals surface area (Å²) in [7, 11) is 0. The van der Waals surface area contributed by atoms with Crippen molar-refractivity contribution in [2.24, 2.45) is 0 Å². The average molecular weight is 250 g/mol. The molecule has 5 heteroatoms. The zero-order valence-electron chi connectivity index (χ0n) is 10.7. The fourth-order valence-electron chi connectivity index (χ4n) is 1.39. The number of nitrogens with one attached hydrogen (secondary N) is 2. The Kier molecular flexibility index (Phi) is 5.70. The second-order valence-electron chi connectivity index (χ2n) is 3.78. The molecule has 1 aromatic heterocycles. The second-order valence-corrected chi connectivity index (χ2v) is 3.78. The van der Waals surface area contributed by atoms with Crippen LogP contribution in [0.25, 0.3) is 0 Å². The molecule has 0 atom stereocenters. The predicted octanol–water partition coefficient (Wildman–Crippen LogP) is 1.48. The van der Waals surface area contributed by atoms with Crippen molar-refractivity contribution in [1.29, 1.82) is 0 Å². The van der Waals surface area contributed by atoms with Gasteiger partial charge in [-0.1, -0.05) is 13.0 Å². The van der Waals surface area contributed by atoms with E-state index in [4.69, 9.17) is 4.42 Å². The van der Waals surface area contributed by atoms with E-state index >= 15 is 0 Å². The molecule has 0 bridgehead atoms. The summed E-state index contributed by atoms with van der Waals surface area (Å²) in [4.78, 5) is 23.0. The van der Waals surface area contributed by atoms with Crippen LogP contribution in [-0.2, 0) is 4.79 Å². The third kappa shape index (κ3) is 4.45. The maximum Gasteiger partial charge on any atom is 0.287 e. The number of carbonyl (C=O) groups excluding carboxylic acids is 2. The van der Waals surface area contributed by atoms with Crippen molar-refractivity contribution in [3.8, 4) is 0 Å². The minimum Gasteiger partial charge on any atom is -0.459 e. The number of amides is 2. The summed E-state index contributed by atoms with van der Waals surface area (Å²) < 4.78 is 4.94. The Morgan fingerprint density at radius 3 is 2.67 bits per heavy atom. The highest BCUT2D eigenvalue weighted by atomic mass is 16.3. The molecule has 2 N–H and O–H groups in total. The van der Waals surface area contributed by atoms with E-state index in [2.05, 4.69) is 10.6 Å². The van der Waals surface area contributed by atoms with E-state index in [1.165, 1.54) is 6.26 Å².